The summed E-state index contributed by atoms with van der Waals surface area (Å²) in [4.78, 5) is 0. The van der Waals surface area contributed by atoms with E-state index in [0.717, 1.165) is 13.1 Å². The van der Waals surface area contributed by atoms with Crippen molar-refractivity contribution in [2.75, 3.05) is 7.11 Å². The fourth-order valence-corrected chi connectivity index (χ4v) is 2.19. The van der Waals surface area contributed by atoms with Gasteiger partial charge >= 0.3 is 0 Å². The second-order valence-electron chi connectivity index (χ2n) is 4.79. The molecule has 2 rings (SSSR count). The molecule has 2 nitrogen and oxygen atoms in total. The first-order chi connectivity index (χ1) is 9.29. The van der Waals surface area contributed by atoms with Crippen molar-refractivity contribution in [1.29, 1.82) is 0 Å². The van der Waals surface area contributed by atoms with Crippen LogP contribution in [0.25, 0.3) is 0 Å². The molecule has 0 saturated carbocycles. The average Bonchev–Trinajstić information content (AvgIpc) is 2.41. The number of rotatable bonds is 6. The Hall–Kier alpha value is -1.64. The molecule has 0 aliphatic heterocycles. The quantitative estimate of drug-likeness (QED) is 0.854. The van der Waals surface area contributed by atoms with E-state index in [1.165, 1.54) is 22.3 Å². The monoisotopic (exact) mass is 255 g/mol. The van der Waals surface area contributed by atoms with E-state index in [1.807, 2.05) is 0 Å². The molecule has 0 spiro atoms. The number of aryl methyl sites for hydroxylation is 1. The summed E-state index contributed by atoms with van der Waals surface area (Å²) in [6.45, 7) is 4.55. The summed E-state index contributed by atoms with van der Waals surface area (Å²) in [5.41, 5.74) is 5.18. The molecule has 0 amide bonds. The lowest BCUT2D eigenvalue weighted by molar-refractivity contribution is 0.184. The second kappa shape index (κ2) is 7.07. The SMILES string of the molecule is COCc1ccccc1CNCc1cccc(C)c1. The molecule has 2 heteroatoms. The predicted octanol–water partition coefficient (Wildman–Crippen LogP) is 3.43. The van der Waals surface area contributed by atoms with Crippen LogP contribution in [0, 0.1) is 6.92 Å². The zero-order valence-electron chi connectivity index (χ0n) is 11.6. The van der Waals surface area contributed by atoms with Crippen molar-refractivity contribution in [3.8, 4) is 0 Å². The van der Waals surface area contributed by atoms with Gasteiger partial charge in [0.05, 0.1) is 6.61 Å². The highest BCUT2D eigenvalue weighted by atomic mass is 16.5. The largest absolute Gasteiger partial charge is 0.380 e. The van der Waals surface area contributed by atoms with Crippen LogP contribution in [0.5, 0.6) is 0 Å². The maximum Gasteiger partial charge on any atom is 0.0716 e. The number of hydrogen-bond acceptors (Lipinski definition) is 2. The third-order valence-electron chi connectivity index (χ3n) is 3.15. The van der Waals surface area contributed by atoms with Crippen molar-refractivity contribution in [3.05, 3.63) is 70.8 Å². The molecule has 2 aromatic carbocycles. The first-order valence-corrected chi connectivity index (χ1v) is 6.61. The van der Waals surface area contributed by atoms with Gasteiger partial charge in [0.25, 0.3) is 0 Å². The standard InChI is InChI=1S/C17H21NO/c1-14-6-5-7-15(10-14)11-18-12-16-8-3-4-9-17(16)13-19-2/h3-10,18H,11-13H2,1-2H3. The molecule has 0 aliphatic carbocycles. The van der Waals surface area contributed by atoms with Crippen LogP contribution in [0.4, 0.5) is 0 Å². The number of hydrogen-bond donors (Lipinski definition) is 1. The van der Waals surface area contributed by atoms with Gasteiger partial charge in [-0.25, -0.2) is 0 Å². The summed E-state index contributed by atoms with van der Waals surface area (Å²) >= 11 is 0. The molecule has 100 valence electrons. The Morgan fingerprint density at radius 1 is 0.947 bits per heavy atom. The molecule has 2 aromatic rings. The predicted molar refractivity (Wildman–Crippen MR) is 78.9 cm³/mol. The minimum atomic E-state index is 0.669. The molecular weight excluding hydrogens is 234 g/mol. The van der Waals surface area contributed by atoms with Crippen molar-refractivity contribution in [2.45, 2.75) is 26.6 Å². The molecule has 0 bridgehead atoms. The van der Waals surface area contributed by atoms with Crippen LogP contribution in [0.15, 0.2) is 48.5 Å². The first-order valence-electron chi connectivity index (χ1n) is 6.61. The Bertz CT molecular complexity index is 522. The molecule has 19 heavy (non-hydrogen) atoms. The molecule has 0 saturated heterocycles. The topological polar surface area (TPSA) is 21.3 Å². The minimum Gasteiger partial charge on any atom is -0.380 e. The van der Waals surface area contributed by atoms with Gasteiger partial charge < -0.3 is 10.1 Å². The highest BCUT2D eigenvalue weighted by molar-refractivity contribution is 5.27. The van der Waals surface area contributed by atoms with Crippen LogP contribution in [0.1, 0.15) is 22.3 Å². The van der Waals surface area contributed by atoms with Gasteiger partial charge in [-0.15, -0.1) is 0 Å². The van der Waals surface area contributed by atoms with E-state index in [-0.39, 0.29) is 0 Å². The summed E-state index contributed by atoms with van der Waals surface area (Å²) in [7, 11) is 1.73. The van der Waals surface area contributed by atoms with Crippen molar-refractivity contribution >= 4 is 0 Å². The van der Waals surface area contributed by atoms with Crippen LogP contribution in [0.3, 0.4) is 0 Å². The van der Waals surface area contributed by atoms with E-state index in [4.69, 9.17) is 4.74 Å². The maximum atomic E-state index is 5.22. The Kier molecular flexibility index (Phi) is 5.13. The van der Waals surface area contributed by atoms with Gasteiger partial charge in [0.15, 0.2) is 0 Å². The van der Waals surface area contributed by atoms with Crippen LogP contribution >= 0.6 is 0 Å². The fraction of sp³-hybridized carbons (Fsp3) is 0.294. The number of benzene rings is 2. The van der Waals surface area contributed by atoms with E-state index >= 15 is 0 Å². The van der Waals surface area contributed by atoms with E-state index in [2.05, 4.69) is 60.8 Å². The molecule has 0 radical (unpaired) electrons. The Morgan fingerprint density at radius 3 is 2.47 bits per heavy atom. The molecule has 1 N–H and O–H groups in total. The molecular formula is C17H21NO. The number of ether oxygens (including phenoxy) is 1. The third-order valence-corrected chi connectivity index (χ3v) is 3.15. The lowest BCUT2D eigenvalue weighted by atomic mass is 10.1. The molecule has 0 atom stereocenters. The lowest BCUT2D eigenvalue weighted by Crippen LogP contribution is -2.14. The lowest BCUT2D eigenvalue weighted by Gasteiger charge is -2.10. The molecule has 0 unspecified atom stereocenters. The van der Waals surface area contributed by atoms with Crippen molar-refractivity contribution in [2.24, 2.45) is 0 Å². The zero-order chi connectivity index (χ0) is 13.5. The highest BCUT2D eigenvalue weighted by Gasteiger charge is 2.01. The zero-order valence-corrected chi connectivity index (χ0v) is 11.6. The smallest absolute Gasteiger partial charge is 0.0716 e. The molecule has 0 heterocycles. The van der Waals surface area contributed by atoms with Crippen LogP contribution in [-0.2, 0) is 24.4 Å². The van der Waals surface area contributed by atoms with Crippen molar-refractivity contribution < 1.29 is 4.74 Å². The minimum absolute atomic E-state index is 0.669. The Morgan fingerprint density at radius 2 is 1.74 bits per heavy atom. The van der Waals surface area contributed by atoms with Crippen molar-refractivity contribution in [1.82, 2.24) is 5.32 Å². The highest BCUT2D eigenvalue weighted by Crippen LogP contribution is 2.10. The normalized spacial score (nSPS) is 10.6. The molecule has 0 aliphatic rings. The molecule has 0 fully saturated rings. The third kappa shape index (κ3) is 4.19. The first kappa shape index (κ1) is 13.8. The summed E-state index contributed by atoms with van der Waals surface area (Å²) in [6.07, 6.45) is 0. The Labute approximate surface area is 115 Å². The average molecular weight is 255 g/mol. The van der Waals surface area contributed by atoms with Gasteiger partial charge in [-0.1, -0.05) is 54.1 Å². The van der Waals surface area contributed by atoms with Crippen LogP contribution in [-0.4, -0.2) is 7.11 Å². The summed E-state index contributed by atoms with van der Waals surface area (Å²) in [6, 6.07) is 17.0. The van der Waals surface area contributed by atoms with Gasteiger partial charge in [-0.05, 0) is 23.6 Å². The summed E-state index contributed by atoms with van der Waals surface area (Å²) < 4.78 is 5.22. The van der Waals surface area contributed by atoms with Crippen molar-refractivity contribution in [3.63, 3.8) is 0 Å². The number of nitrogens with one attached hydrogen (secondary N) is 1. The van der Waals surface area contributed by atoms with E-state index in [1.54, 1.807) is 7.11 Å². The van der Waals surface area contributed by atoms with E-state index in [9.17, 15) is 0 Å². The van der Waals surface area contributed by atoms with Gasteiger partial charge in [0, 0.05) is 20.2 Å². The second-order valence-corrected chi connectivity index (χ2v) is 4.79. The molecule has 0 aromatic heterocycles. The summed E-state index contributed by atoms with van der Waals surface area (Å²) in [5, 5.41) is 3.49. The van der Waals surface area contributed by atoms with Gasteiger partial charge in [0.1, 0.15) is 0 Å². The van der Waals surface area contributed by atoms with Crippen LogP contribution < -0.4 is 5.32 Å². The van der Waals surface area contributed by atoms with E-state index in [0.29, 0.717) is 6.61 Å². The fourth-order valence-electron chi connectivity index (χ4n) is 2.19. The maximum absolute atomic E-state index is 5.22. The van der Waals surface area contributed by atoms with E-state index < -0.39 is 0 Å². The van der Waals surface area contributed by atoms with Gasteiger partial charge in [-0.3, -0.25) is 0 Å². The van der Waals surface area contributed by atoms with Gasteiger partial charge in [-0.2, -0.15) is 0 Å². The van der Waals surface area contributed by atoms with Crippen LogP contribution in [0.2, 0.25) is 0 Å². The summed E-state index contributed by atoms with van der Waals surface area (Å²) in [5.74, 6) is 0. The Balaban J connectivity index is 1.92. The number of methoxy groups -OCH3 is 1. The van der Waals surface area contributed by atoms with Gasteiger partial charge in [0.2, 0.25) is 0 Å².